The lowest BCUT2D eigenvalue weighted by atomic mass is 10.2. The Kier molecular flexibility index (Phi) is 3.98. The van der Waals surface area contributed by atoms with Gasteiger partial charge in [0.15, 0.2) is 0 Å². The second kappa shape index (κ2) is 4.80. The Morgan fingerprint density at radius 2 is 2.17 bits per heavy atom. The number of hydrogen-bond acceptors (Lipinski definition) is 3. The summed E-state index contributed by atoms with van der Waals surface area (Å²) in [4.78, 5) is 4.87. The number of nitrogens with zero attached hydrogens (tertiary/aromatic N) is 2. The Morgan fingerprint density at radius 3 is 2.75 bits per heavy atom. The van der Waals surface area contributed by atoms with Crippen LogP contribution in [0.25, 0.3) is 0 Å². The summed E-state index contributed by atoms with van der Waals surface area (Å²) in [6, 6.07) is 0.572. The molecule has 1 atom stereocenters. The summed E-state index contributed by atoms with van der Waals surface area (Å²) in [5, 5.41) is 0. The Balaban J connectivity index is 2.49. The Bertz CT molecular complexity index is 127. The lowest BCUT2D eigenvalue weighted by Crippen LogP contribution is -2.44. The van der Waals surface area contributed by atoms with Gasteiger partial charge in [-0.15, -0.1) is 0 Å². The number of hydrogen-bond donors (Lipinski definition) is 1. The van der Waals surface area contributed by atoms with Crippen molar-refractivity contribution in [3.63, 3.8) is 0 Å². The highest BCUT2D eigenvalue weighted by molar-refractivity contribution is 4.78. The molecule has 0 aliphatic carbocycles. The summed E-state index contributed by atoms with van der Waals surface area (Å²) in [5.74, 6) is 0. The Labute approximate surface area is 75.5 Å². The second-order valence-electron chi connectivity index (χ2n) is 3.63. The summed E-state index contributed by atoms with van der Waals surface area (Å²) in [7, 11) is 2.18. The van der Waals surface area contributed by atoms with E-state index in [9.17, 15) is 0 Å². The van der Waals surface area contributed by atoms with E-state index in [4.69, 9.17) is 5.73 Å². The third-order valence-electron chi connectivity index (χ3n) is 2.70. The molecule has 1 unspecified atom stereocenters. The van der Waals surface area contributed by atoms with Crippen molar-refractivity contribution >= 4 is 0 Å². The van der Waals surface area contributed by atoms with Gasteiger partial charge in [0.1, 0.15) is 0 Å². The molecule has 0 saturated carbocycles. The van der Waals surface area contributed by atoms with E-state index in [1.807, 2.05) is 0 Å². The van der Waals surface area contributed by atoms with Gasteiger partial charge in [0.05, 0.1) is 0 Å². The van der Waals surface area contributed by atoms with Crippen LogP contribution in [0.3, 0.4) is 0 Å². The normalized spacial score (nSPS) is 28.8. The van der Waals surface area contributed by atoms with E-state index in [0.717, 1.165) is 19.6 Å². The topological polar surface area (TPSA) is 32.5 Å². The van der Waals surface area contributed by atoms with Crippen LogP contribution in [0, 0.1) is 0 Å². The predicted octanol–water partition coefficient (Wildman–Crippen LogP) is -0.0289. The van der Waals surface area contributed by atoms with E-state index in [-0.39, 0.29) is 0 Å². The molecule has 3 nitrogen and oxygen atoms in total. The number of likely N-dealkylation sites (N-methyl/N-ethyl adjacent to an activating group) is 2. The van der Waals surface area contributed by atoms with E-state index in [0.29, 0.717) is 6.04 Å². The van der Waals surface area contributed by atoms with Crippen molar-refractivity contribution in [3.05, 3.63) is 0 Å². The smallest absolute Gasteiger partial charge is 0.0345 e. The summed E-state index contributed by atoms with van der Waals surface area (Å²) in [6.45, 7) is 7.70. The molecule has 2 N–H and O–H groups in total. The molecule has 0 spiro atoms. The van der Waals surface area contributed by atoms with Crippen molar-refractivity contribution in [2.75, 3.05) is 39.8 Å². The maximum Gasteiger partial charge on any atom is 0.0345 e. The van der Waals surface area contributed by atoms with Gasteiger partial charge < -0.3 is 10.6 Å². The van der Waals surface area contributed by atoms with Gasteiger partial charge in [-0.2, -0.15) is 0 Å². The number of rotatable bonds is 2. The minimum absolute atomic E-state index is 0.572. The van der Waals surface area contributed by atoms with Crippen molar-refractivity contribution < 1.29 is 0 Å². The molecule has 72 valence electrons. The van der Waals surface area contributed by atoms with Crippen LogP contribution in [0.5, 0.6) is 0 Å². The van der Waals surface area contributed by atoms with Crippen LogP contribution >= 0.6 is 0 Å². The summed E-state index contributed by atoms with van der Waals surface area (Å²) >= 11 is 0. The van der Waals surface area contributed by atoms with Crippen LogP contribution in [-0.4, -0.2) is 55.6 Å². The molecule has 12 heavy (non-hydrogen) atoms. The van der Waals surface area contributed by atoms with Crippen molar-refractivity contribution in [1.29, 1.82) is 0 Å². The Morgan fingerprint density at radius 1 is 1.42 bits per heavy atom. The highest BCUT2D eigenvalue weighted by Gasteiger charge is 2.20. The maximum absolute atomic E-state index is 5.73. The largest absolute Gasteiger partial charge is 0.329 e. The SMILES string of the molecule is CCN1CCCN(C)CC1CN. The van der Waals surface area contributed by atoms with Gasteiger partial charge >= 0.3 is 0 Å². The van der Waals surface area contributed by atoms with Crippen LogP contribution in [0.2, 0.25) is 0 Å². The third kappa shape index (κ3) is 2.44. The fraction of sp³-hybridized carbons (Fsp3) is 1.00. The van der Waals surface area contributed by atoms with Gasteiger partial charge in [-0.25, -0.2) is 0 Å². The van der Waals surface area contributed by atoms with Crippen molar-refractivity contribution in [1.82, 2.24) is 9.80 Å². The maximum atomic E-state index is 5.73. The van der Waals surface area contributed by atoms with Gasteiger partial charge in [0.2, 0.25) is 0 Å². The fourth-order valence-corrected chi connectivity index (χ4v) is 1.93. The second-order valence-corrected chi connectivity index (χ2v) is 3.63. The first-order valence-corrected chi connectivity index (χ1v) is 4.90. The van der Waals surface area contributed by atoms with Gasteiger partial charge in [0.25, 0.3) is 0 Å². The Hall–Kier alpha value is -0.120. The van der Waals surface area contributed by atoms with Gasteiger partial charge in [-0.3, -0.25) is 4.90 Å². The monoisotopic (exact) mass is 171 g/mol. The standard InChI is InChI=1S/C9H21N3/c1-3-12-6-4-5-11(2)8-9(12)7-10/h9H,3-8,10H2,1-2H3. The lowest BCUT2D eigenvalue weighted by molar-refractivity contribution is 0.202. The van der Waals surface area contributed by atoms with Crippen LogP contribution < -0.4 is 5.73 Å². The fourth-order valence-electron chi connectivity index (χ4n) is 1.93. The average Bonchev–Trinajstić information content (AvgIpc) is 2.26. The molecule has 1 saturated heterocycles. The third-order valence-corrected chi connectivity index (χ3v) is 2.70. The molecule has 1 fully saturated rings. The van der Waals surface area contributed by atoms with Crippen molar-refractivity contribution in [2.45, 2.75) is 19.4 Å². The van der Waals surface area contributed by atoms with Crippen molar-refractivity contribution in [2.24, 2.45) is 5.73 Å². The summed E-state index contributed by atoms with van der Waals surface area (Å²) < 4.78 is 0. The molecule has 0 aromatic rings. The van der Waals surface area contributed by atoms with Crippen LogP contribution in [0.1, 0.15) is 13.3 Å². The highest BCUT2D eigenvalue weighted by atomic mass is 15.2. The van der Waals surface area contributed by atoms with E-state index < -0.39 is 0 Å². The van der Waals surface area contributed by atoms with E-state index >= 15 is 0 Å². The molecule has 0 amide bonds. The van der Waals surface area contributed by atoms with Crippen LogP contribution in [0.15, 0.2) is 0 Å². The molecule has 0 aromatic carbocycles. The zero-order valence-electron chi connectivity index (χ0n) is 8.29. The van der Waals surface area contributed by atoms with Gasteiger partial charge in [-0.1, -0.05) is 6.92 Å². The summed E-state index contributed by atoms with van der Waals surface area (Å²) in [6.07, 6.45) is 1.28. The zero-order valence-corrected chi connectivity index (χ0v) is 8.29. The quantitative estimate of drug-likeness (QED) is 0.633. The minimum Gasteiger partial charge on any atom is -0.329 e. The minimum atomic E-state index is 0.572. The highest BCUT2D eigenvalue weighted by Crippen LogP contribution is 2.06. The summed E-state index contributed by atoms with van der Waals surface area (Å²) in [5.41, 5.74) is 5.73. The predicted molar refractivity (Wildman–Crippen MR) is 52.2 cm³/mol. The molecule has 0 aromatic heterocycles. The van der Waals surface area contributed by atoms with E-state index in [1.54, 1.807) is 0 Å². The van der Waals surface area contributed by atoms with E-state index in [2.05, 4.69) is 23.8 Å². The molecule has 1 rings (SSSR count). The molecule has 1 heterocycles. The first-order chi connectivity index (χ1) is 5.77. The number of nitrogens with two attached hydrogens (primary N) is 1. The first kappa shape index (κ1) is 9.96. The van der Waals surface area contributed by atoms with Crippen LogP contribution in [-0.2, 0) is 0 Å². The molecular formula is C9H21N3. The first-order valence-electron chi connectivity index (χ1n) is 4.90. The molecular weight excluding hydrogens is 150 g/mol. The molecule has 0 bridgehead atoms. The molecule has 1 aliphatic heterocycles. The molecule has 3 heteroatoms. The molecule has 0 radical (unpaired) electrons. The molecule has 1 aliphatic rings. The average molecular weight is 171 g/mol. The zero-order chi connectivity index (χ0) is 8.97. The van der Waals surface area contributed by atoms with Gasteiger partial charge in [-0.05, 0) is 33.1 Å². The lowest BCUT2D eigenvalue weighted by Gasteiger charge is -2.28. The van der Waals surface area contributed by atoms with Crippen molar-refractivity contribution in [3.8, 4) is 0 Å². The van der Waals surface area contributed by atoms with Gasteiger partial charge in [0, 0.05) is 19.1 Å². The van der Waals surface area contributed by atoms with E-state index in [1.165, 1.54) is 19.5 Å². The van der Waals surface area contributed by atoms with Crippen LogP contribution in [0.4, 0.5) is 0 Å².